The Kier molecular flexibility index (Phi) is 9.24. The summed E-state index contributed by atoms with van der Waals surface area (Å²) < 4.78 is 4.76. The highest BCUT2D eigenvalue weighted by atomic mass is 16.5. The molecule has 0 amide bonds. The Bertz CT molecular complexity index is 185. The first-order chi connectivity index (χ1) is 7.65. The predicted molar refractivity (Wildman–Crippen MR) is 64.2 cm³/mol. The average Bonchev–Trinajstić information content (AvgIpc) is 2.30. The van der Waals surface area contributed by atoms with E-state index in [9.17, 15) is 4.79 Å². The summed E-state index contributed by atoms with van der Waals surface area (Å²) in [7, 11) is 1.42. The van der Waals surface area contributed by atoms with Crippen LogP contribution in [0.4, 0.5) is 0 Å². The van der Waals surface area contributed by atoms with Crippen LogP contribution < -0.4 is 5.32 Å². The number of carbonyl (C=O) groups is 1. The summed E-state index contributed by atoms with van der Waals surface area (Å²) in [6.07, 6.45) is 4.53. The molecule has 16 heavy (non-hydrogen) atoms. The van der Waals surface area contributed by atoms with Crippen LogP contribution in [0, 0.1) is 0 Å². The molecule has 0 aromatic carbocycles. The minimum atomic E-state index is -0.210. The predicted octanol–water partition coefficient (Wildman–Crippen LogP) is 1.47. The number of esters is 1. The molecule has 0 fully saturated rings. The van der Waals surface area contributed by atoms with E-state index in [1.54, 1.807) is 0 Å². The minimum Gasteiger partial charge on any atom is -0.468 e. The largest absolute Gasteiger partial charge is 0.468 e. The molecule has 0 rings (SSSR count). The van der Waals surface area contributed by atoms with Crippen LogP contribution in [-0.4, -0.2) is 36.9 Å². The molecule has 0 aromatic heterocycles. The molecule has 0 aromatic rings. The molecule has 2 N–H and O–H groups in total. The van der Waals surface area contributed by atoms with Crippen LogP contribution in [0.5, 0.6) is 0 Å². The van der Waals surface area contributed by atoms with Gasteiger partial charge in [0.25, 0.3) is 0 Å². The van der Waals surface area contributed by atoms with E-state index in [0.29, 0.717) is 0 Å². The van der Waals surface area contributed by atoms with Gasteiger partial charge >= 0.3 is 5.97 Å². The number of aliphatic hydroxyl groups excluding tert-OH is 1. The first kappa shape index (κ1) is 15.4. The molecule has 0 bridgehead atoms. The van der Waals surface area contributed by atoms with Gasteiger partial charge in [-0.05, 0) is 26.2 Å². The summed E-state index contributed by atoms with van der Waals surface area (Å²) in [4.78, 5) is 11.5. The second-order valence-corrected chi connectivity index (χ2v) is 4.15. The lowest BCUT2D eigenvalue weighted by atomic mass is 10.1. The number of rotatable bonds is 9. The van der Waals surface area contributed by atoms with Crippen molar-refractivity contribution in [3.63, 3.8) is 0 Å². The standard InChI is InChI=1S/C12H25NO3/c1-4-5-8-11(12(15)16-3)13-10(2)7-6-9-14/h10-11,13-14H,4-9H2,1-3H3. The summed E-state index contributed by atoms with van der Waals surface area (Å²) in [5, 5.41) is 12.0. The van der Waals surface area contributed by atoms with Crippen molar-refractivity contribution in [3.05, 3.63) is 0 Å². The molecule has 4 nitrogen and oxygen atoms in total. The van der Waals surface area contributed by atoms with E-state index in [0.717, 1.165) is 32.1 Å². The fourth-order valence-corrected chi connectivity index (χ4v) is 1.64. The fourth-order valence-electron chi connectivity index (χ4n) is 1.64. The van der Waals surface area contributed by atoms with Gasteiger partial charge in [0.15, 0.2) is 0 Å². The SMILES string of the molecule is CCCCC(NC(C)CCCO)C(=O)OC. The smallest absolute Gasteiger partial charge is 0.322 e. The molecule has 0 aliphatic heterocycles. The highest BCUT2D eigenvalue weighted by Crippen LogP contribution is 2.05. The van der Waals surface area contributed by atoms with E-state index in [-0.39, 0.29) is 24.7 Å². The number of methoxy groups -OCH3 is 1. The van der Waals surface area contributed by atoms with E-state index in [1.807, 2.05) is 6.92 Å². The fraction of sp³-hybridized carbons (Fsp3) is 0.917. The van der Waals surface area contributed by atoms with Crippen LogP contribution in [0.3, 0.4) is 0 Å². The number of hydrogen-bond donors (Lipinski definition) is 2. The van der Waals surface area contributed by atoms with Gasteiger partial charge in [0, 0.05) is 12.6 Å². The third-order valence-electron chi connectivity index (χ3n) is 2.61. The zero-order valence-corrected chi connectivity index (χ0v) is 10.7. The van der Waals surface area contributed by atoms with Crippen LogP contribution in [0.15, 0.2) is 0 Å². The van der Waals surface area contributed by atoms with Crippen molar-refractivity contribution in [1.29, 1.82) is 0 Å². The third kappa shape index (κ3) is 6.80. The van der Waals surface area contributed by atoms with Gasteiger partial charge in [-0.25, -0.2) is 0 Å². The van der Waals surface area contributed by atoms with Gasteiger partial charge in [-0.2, -0.15) is 0 Å². The van der Waals surface area contributed by atoms with Crippen LogP contribution in [-0.2, 0) is 9.53 Å². The van der Waals surface area contributed by atoms with Crippen molar-refractivity contribution >= 4 is 5.97 Å². The van der Waals surface area contributed by atoms with Gasteiger partial charge < -0.3 is 15.2 Å². The second-order valence-electron chi connectivity index (χ2n) is 4.15. The first-order valence-electron chi connectivity index (χ1n) is 6.10. The molecule has 4 heteroatoms. The lowest BCUT2D eigenvalue weighted by Gasteiger charge is -2.21. The molecule has 0 saturated heterocycles. The summed E-state index contributed by atoms with van der Waals surface area (Å²) in [5.74, 6) is -0.190. The molecule has 0 heterocycles. The van der Waals surface area contributed by atoms with Gasteiger partial charge in [-0.1, -0.05) is 19.8 Å². The van der Waals surface area contributed by atoms with Crippen LogP contribution in [0.25, 0.3) is 0 Å². The Balaban J connectivity index is 4.03. The van der Waals surface area contributed by atoms with Crippen molar-refractivity contribution in [2.75, 3.05) is 13.7 Å². The van der Waals surface area contributed by atoms with Crippen molar-refractivity contribution in [2.45, 2.75) is 58.0 Å². The van der Waals surface area contributed by atoms with Crippen molar-refractivity contribution in [3.8, 4) is 0 Å². The van der Waals surface area contributed by atoms with Crippen molar-refractivity contribution < 1.29 is 14.6 Å². The lowest BCUT2D eigenvalue weighted by Crippen LogP contribution is -2.42. The minimum absolute atomic E-state index is 0.190. The molecule has 0 spiro atoms. The topological polar surface area (TPSA) is 58.6 Å². The van der Waals surface area contributed by atoms with E-state index >= 15 is 0 Å². The molecule has 2 unspecified atom stereocenters. The number of hydrogen-bond acceptors (Lipinski definition) is 4. The van der Waals surface area contributed by atoms with Gasteiger partial charge in [-0.15, -0.1) is 0 Å². The molecule has 0 saturated carbocycles. The highest BCUT2D eigenvalue weighted by molar-refractivity contribution is 5.75. The monoisotopic (exact) mass is 231 g/mol. The molecule has 0 radical (unpaired) electrons. The summed E-state index contributed by atoms with van der Waals surface area (Å²) in [5.41, 5.74) is 0. The number of carbonyl (C=O) groups excluding carboxylic acids is 1. The average molecular weight is 231 g/mol. The van der Waals surface area contributed by atoms with Gasteiger partial charge in [0.2, 0.25) is 0 Å². The number of unbranched alkanes of at least 4 members (excludes halogenated alkanes) is 1. The Morgan fingerprint density at radius 2 is 2.06 bits per heavy atom. The maximum absolute atomic E-state index is 11.5. The van der Waals surface area contributed by atoms with E-state index in [4.69, 9.17) is 9.84 Å². The Hall–Kier alpha value is -0.610. The van der Waals surface area contributed by atoms with E-state index in [2.05, 4.69) is 12.2 Å². The molecule has 0 aliphatic carbocycles. The maximum atomic E-state index is 11.5. The number of nitrogens with one attached hydrogen (secondary N) is 1. The van der Waals surface area contributed by atoms with Gasteiger partial charge in [0.1, 0.15) is 6.04 Å². The van der Waals surface area contributed by atoms with Crippen LogP contribution >= 0.6 is 0 Å². The molecular formula is C12H25NO3. The van der Waals surface area contributed by atoms with Crippen LogP contribution in [0.1, 0.15) is 46.0 Å². The van der Waals surface area contributed by atoms with Crippen molar-refractivity contribution in [2.24, 2.45) is 0 Å². The quantitative estimate of drug-likeness (QED) is 0.590. The lowest BCUT2D eigenvalue weighted by molar-refractivity contribution is -0.143. The number of aliphatic hydroxyl groups is 1. The van der Waals surface area contributed by atoms with E-state index < -0.39 is 0 Å². The number of ether oxygens (including phenoxy) is 1. The van der Waals surface area contributed by atoms with Crippen molar-refractivity contribution in [1.82, 2.24) is 5.32 Å². The zero-order valence-electron chi connectivity index (χ0n) is 10.7. The molecule has 2 atom stereocenters. The highest BCUT2D eigenvalue weighted by Gasteiger charge is 2.19. The maximum Gasteiger partial charge on any atom is 0.322 e. The normalized spacial score (nSPS) is 14.5. The molecule has 0 aliphatic rings. The van der Waals surface area contributed by atoms with E-state index in [1.165, 1.54) is 7.11 Å². The Morgan fingerprint density at radius 3 is 2.56 bits per heavy atom. The van der Waals surface area contributed by atoms with Crippen LogP contribution in [0.2, 0.25) is 0 Å². The Labute approximate surface area is 98.4 Å². The first-order valence-corrected chi connectivity index (χ1v) is 6.10. The summed E-state index contributed by atoms with van der Waals surface area (Å²) in [6, 6.07) is 0.0201. The van der Waals surface area contributed by atoms with Gasteiger partial charge in [0.05, 0.1) is 7.11 Å². The third-order valence-corrected chi connectivity index (χ3v) is 2.61. The Morgan fingerprint density at radius 1 is 1.38 bits per heavy atom. The second kappa shape index (κ2) is 9.60. The molecule has 96 valence electrons. The zero-order chi connectivity index (χ0) is 12.4. The summed E-state index contributed by atoms with van der Waals surface area (Å²) in [6.45, 7) is 4.32. The molecular weight excluding hydrogens is 206 g/mol. The van der Waals surface area contributed by atoms with Gasteiger partial charge in [-0.3, -0.25) is 4.79 Å². The summed E-state index contributed by atoms with van der Waals surface area (Å²) >= 11 is 0.